The van der Waals surface area contributed by atoms with Crippen LogP contribution in [-0.4, -0.2) is 24.4 Å². The van der Waals surface area contributed by atoms with E-state index in [0.29, 0.717) is 0 Å². The molecule has 0 atom stereocenters. The van der Waals surface area contributed by atoms with Gasteiger partial charge in [0.15, 0.2) is 0 Å². The Balaban J connectivity index is 0.000000671. The molecular formula is C10H16O3. The SMILES string of the molecule is CO.COc1cc(CO)ccc1C. The third-order valence-electron chi connectivity index (χ3n) is 1.66. The highest BCUT2D eigenvalue weighted by atomic mass is 16.5. The van der Waals surface area contributed by atoms with Crippen molar-refractivity contribution in [3.63, 3.8) is 0 Å². The van der Waals surface area contributed by atoms with Gasteiger partial charge in [0.2, 0.25) is 0 Å². The van der Waals surface area contributed by atoms with Gasteiger partial charge in [-0.25, -0.2) is 0 Å². The summed E-state index contributed by atoms with van der Waals surface area (Å²) < 4.78 is 5.08. The monoisotopic (exact) mass is 184 g/mol. The summed E-state index contributed by atoms with van der Waals surface area (Å²) in [5.74, 6) is 0.830. The summed E-state index contributed by atoms with van der Waals surface area (Å²) in [5.41, 5.74) is 1.97. The molecule has 0 aliphatic carbocycles. The van der Waals surface area contributed by atoms with Gasteiger partial charge >= 0.3 is 0 Å². The third kappa shape index (κ3) is 3.44. The molecule has 0 saturated heterocycles. The third-order valence-corrected chi connectivity index (χ3v) is 1.66. The van der Waals surface area contributed by atoms with E-state index in [4.69, 9.17) is 14.9 Å². The van der Waals surface area contributed by atoms with Crippen molar-refractivity contribution >= 4 is 0 Å². The van der Waals surface area contributed by atoms with Gasteiger partial charge in [-0.1, -0.05) is 12.1 Å². The molecule has 0 heterocycles. The summed E-state index contributed by atoms with van der Waals surface area (Å²) in [6.45, 7) is 2.04. The van der Waals surface area contributed by atoms with Crippen molar-refractivity contribution in [1.29, 1.82) is 0 Å². The second-order valence-electron chi connectivity index (χ2n) is 2.46. The molecule has 74 valence electrons. The molecule has 1 aromatic carbocycles. The van der Waals surface area contributed by atoms with E-state index in [1.807, 2.05) is 25.1 Å². The molecule has 0 radical (unpaired) electrons. The fraction of sp³-hybridized carbons (Fsp3) is 0.400. The summed E-state index contributed by atoms with van der Waals surface area (Å²) in [4.78, 5) is 0. The van der Waals surface area contributed by atoms with Gasteiger partial charge in [0.25, 0.3) is 0 Å². The van der Waals surface area contributed by atoms with Crippen LogP contribution in [0.2, 0.25) is 0 Å². The second kappa shape index (κ2) is 6.46. The molecule has 0 spiro atoms. The average Bonchev–Trinajstić information content (AvgIpc) is 2.22. The molecule has 0 aliphatic heterocycles. The van der Waals surface area contributed by atoms with Crippen LogP contribution in [0.1, 0.15) is 11.1 Å². The van der Waals surface area contributed by atoms with Gasteiger partial charge in [0, 0.05) is 7.11 Å². The minimum Gasteiger partial charge on any atom is -0.496 e. The van der Waals surface area contributed by atoms with Gasteiger partial charge in [-0.15, -0.1) is 0 Å². The zero-order valence-electron chi connectivity index (χ0n) is 8.24. The van der Waals surface area contributed by atoms with Crippen LogP contribution < -0.4 is 4.74 Å². The lowest BCUT2D eigenvalue weighted by Gasteiger charge is -2.05. The van der Waals surface area contributed by atoms with Crippen molar-refractivity contribution in [2.45, 2.75) is 13.5 Å². The van der Waals surface area contributed by atoms with Gasteiger partial charge in [0.05, 0.1) is 13.7 Å². The lowest BCUT2D eigenvalue weighted by molar-refractivity contribution is 0.281. The summed E-state index contributed by atoms with van der Waals surface area (Å²) in [7, 11) is 2.63. The van der Waals surface area contributed by atoms with Crippen LogP contribution in [-0.2, 0) is 6.61 Å². The molecule has 0 unspecified atom stereocenters. The van der Waals surface area contributed by atoms with Crippen LogP contribution in [0, 0.1) is 6.92 Å². The van der Waals surface area contributed by atoms with Gasteiger partial charge in [-0.3, -0.25) is 0 Å². The Kier molecular flexibility index (Phi) is 5.93. The summed E-state index contributed by atoms with van der Waals surface area (Å²) in [5, 5.41) is 15.8. The Morgan fingerprint density at radius 1 is 1.31 bits per heavy atom. The Morgan fingerprint density at radius 2 is 1.92 bits per heavy atom. The topological polar surface area (TPSA) is 49.7 Å². The molecule has 1 aromatic rings. The molecule has 0 bridgehead atoms. The Bertz CT molecular complexity index is 246. The number of aryl methyl sites for hydroxylation is 1. The minimum absolute atomic E-state index is 0.0661. The molecular weight excluding hydrogens is 168 g/mol. The zero-order valence-corrected chi connectivity index (χ0v) is 8.24. The number of aliphatic hydroxyl groups is 2. The van der Waals surface area contributed by atoms with Gasteiger partial charge in [0.1, 0.15) is 5.75 Å². The fourth-order valence-corrected chi connectivity index (χ4v) is 0.963. The average molecular weight is 184 g/mol. The molecule has 0 saturated carbocycles. The van der Waals surface area contributed by atoms with E-state index in [1.165, 1.54) is 0 Å². The van der Waals surface area contributed by atoms with Crippen molar-refractivity contribution in [3.05, 3.63) is 29.3 Å². The molecule has 3 nitrogen and oxygen atoms in total. The van der Waals surface area contributed by atoms with Crippen molar-refractivity contribution in [3.8, 4) is 5.75 Å². The molecule has 0 amide bonds. The van der Waals surface area contributed by atoms with Crippen LogP contribution in [0.4, 0.5) is 0 Å². The first-order chi connectivity index (χ1) is 6.27. The van der Waals surface area contributed by atoms with E-state index in [-0.39, 0.29) is 6.61 Å². The van der Waals surface area contributed by atoms with E-state index in [2.05, 4.69) is 0 Å². The van der Waals surface area contributed by atoms with Crippen LogP contribution in [0.25, 0.3) is 0 Å². The van der Waals surface area contributed by atoms with E-state index in [9.17, 15) is 0 Å². The van der Waals surface area contributed by atoms with Crippen molar-refractivity contribution in [2.24, 2.45) is 0 Å². The van der Waals surface area contributed by atoms with Crippen molar-refractivity contribution < 1.29 is 14.9 Å². The normalized spacial score (nSPS) is 8.69. The Labute approximate surface area is 78.6 Å². The van der Waals surface area contributed by atoms with Crippen LogP contribution in [0.3, 0.4) is 0 Å². The first-order valence-corrected chi connectivity index (χ1v) is 3.97. The first kappa shape index (κ1) is 11.9. The predicted molar refractivity (Wildman–Crippen MR) is 51.8 cm³/mol. The first-order valence-electron chi connectivity index (χ1n) is 3.97. The molecule has 0 fully saturated rings. The highest BCUT2D eigenvalue weighted by Gasteiger charge is 1.97. The van der Waals surface area contributed by atoms with Crippen molar-refractivity contribution in [2.75, 3.05) is 14.2 Å². The molecule has 0 aromatic heterocycles. The maximum atomic E-state index is 8.79. The number of aliphatic hydroxyl groups excluding tert-OH is 2. The van der Waals surface area contributed by atoms with E-state index in [0.717, 1.165) is 24.0 Å². The number of rotatable bonds is 2. The highest BCUT2D eigenvalue weighted by Crippen LogP contribution is 2.18. The van der Waals surface area contributed by atoms with Gasteiger partial charge in [-0.2, -0.15) is 0 Å². The summed E-state index contributed by atoms with van der Waals surface area (Å²) in [6, 6.07) is 5.66. The smallest absolute Gasteiger partial charge is 0.122 e. The lowest BCUT2D eigenvalue weighted by Crippen LogP contribution is -1.89. The maximum Gasteiger partial charge on any atom is 0.122 e. The Morgan fingerprint density at radius 3 is 2.38 bits per heavy atom. The zero-order chi connectivity index (χ0) is 10.3. The van der Waals surface area contributed by atoms with Crippen LogP contribution in [0.5, 0.6) is 5.75 Å². The quantitative estimate of drug-likeness (QED) is 0.723. The fourth-order valence-electron chi connectivity index (χ4n) is 0.963. The molecule has 0 aliphatic rings. The Hall–Kier alpha value is -1.06. The van der Waals surface area contributed by atoms with Gasteiger partial charge in [-0.05, 0) is 24.1 Å². The predicted octanol–water partition coefficient (Wildman–Crippen LogP) is 1.10. The van der Waals surface area contributed by atoms with Crippen molar-refractivity contribution in [1.82, 2.24) is 0 Å². The summed E-state index contributed by atoms with van der Waals surface area (Å²) >= 11 is 0. The minimum atomic E-state index is 0.0661. The summed E-state index contributed by atoms with van der Waals surface area (Å²) in [6.07, 6.45) is 0. The molecule has 3 heteroatoms. The van der Waals surface area contributed by atoms with E-state index in [1.54, 1.807) is 7.11 Å². The number of methoxy groups -OCH3 is 1. The maximum absolute atomic E-state index is 8.79. The number of ether oxygens (including phenoxy) is 1. The molecule has 13 heavy (non-hydrogen) atoms. The van der Waals surface area contributed by atoms with E-state index >= 15 is 0 Å². The van der Waals surface area contributed by atoms with Crippen LogP contribution >= 0.6 is 0 Å². The molecule has 1 rings (SSSR count). The molecule has 2 N–H and O–H groups in total. The number of benzene rings is 1. The van der Waals surface area contributed by atoms with E-state index < -0.39 is 0 Å². The van der Waals surface area contributed by atoms with Gasteiger partial charge < -0.3 is 14.9 Å². The second-order valence-corrected chi connectivity index (χ2v) is 2.46. The number of hydrogen-bond acceptors (Lipinski definition) is 3. The largest absolute Gasteiger partial charge is 0.496 e. The number of hydrogen-bond donors (Lipinski definition) is 2. The van der Waals surface area contributed by atoms with Crippen LogP contribution in [0.15, 0.2) is 18.2 Å². The lowest BCUT2D eigenvalue weighted by atomic mass is 10.1. The standard InChI is InChI=1S/C9H12O2.CH4O/c1-7-3-4-8(6-10)5-9(7)11-2;1-2/h3-5,10H,6H2,1-2H3;2H,1H3. The highest BCUT2D eigenvalue weighted by molar-refractivity contribution is 5.36.